The minimum absolute atomic E-state index is 0.00981. The Morgan fingerprint density at radius 2 is 2.06 bits per heavy atom. The monoisotopic (exact) mass is 480 g/mol. The number of nitrogens with one attached hydrogen (secondary N) is 3. The first-order valence-electron chi connectivity index (χ1n) is 12.4. The number of piperazine rings is 1. The summed E-state index contributed by atoms with van der Waals surface area (Å²) in [5, 5.41) is 24.1. The maximum absolute atomic E-state index is 13.7. The summed E-state index contributed by atoms with van der Waals surface area (Å²) in [6.45, 7) is 2.80. The number of hydrogen-bond acceptors (Lipinski definition) is 7. The molecule has 9 heteroatoms. The smallest absolute Gasteiger partial charge is 0.248 e. The highest BCUT2D eigenvalue weighted by Crippen LogP contribution is 2.36. The van der Waals surface area contributed by atoms with Crippen molar-refractivity contribution in [2.45, 2.75) is 44.8 Å². The molecule has 2 atom stereocenters. The van der Waals surface area contributed by atoms with Crippen LogP contribution in [0.4, 0.5) is 11.4 Å². The maximum Gasteiger partial charge on any atom is 0.248 e. The Morgan fingerprint density at radius 1 is 1.19 bits per heavy atom. The zero-order valence-electron chi connectivity index (χ0n) is 20.1. The lowest BCUT2D eigenvalue weighted by Crippen LogP contribution is -2.61. The summed E-state index contributed by atoms with van der Waals surface area (Å²) in [4.78, 5) is 22.7. The molecule has 2 aromatic carbocycles. The normalized spacial score (nSPS) is 22.6. The number of benzene rings is 2. The predicted molar refractivity (Wildman–Crippen MR) is 139 cm³/mol. The molecule has 3 aliphatic rings. The van der Waals surface area contributed by atoms with Crippen LogP contribution in [0.3, 0.4) is 0 Å². The standard InChI is InChI=1S/C27H28N8O/c1-17-26(36)35(22-8-4-7-19(11-22)13-28)24-15-29-27(31-21-9-10-23-20(12-21)14-30-33-23)32-25(24)34(17)16-18-5-2-3-6-18/h4,7-12,14-15,17-18,25H,2-3,5-6,16H2,1H3,(H,30,33)(H2,29,31,32)/t17-,25?/m1/s1. The van der Waals surface area contributed by atoms with Crippen LogP contribution in [-0.4, -0.2) is 45.7 Å². The number of aromatic amines is 1. The molecule has 182 valence electrons. The van der Waals surface area contributed by atoms with Gasteiger partial charge in [0.15, 0.2) is 0 Å². The molecule has 1 amide bonds. The zero-order chi connectivity index (χ0) is 24.6. The molecule has 3 N–H and O–H groups in total. The van der Waals surface area contributed by atoms with E-state index in [-0.39, 0.29) is 18.1 Å². The number of rotatable bonds is 4. The summed E-state index contributed by atoms with van der Waals surface area (Å²) in [5.41, 5.74) is 3.83. The van der Waals surface area contributed by atoms with E-state index in [1.165, 1.54) is 25.7 Å². The SMILES string of the molecule is C[C@@H]1C(=O)N(c2cccc(C#N)c2)C2=CNC(Nc3ccc4[nH]ncc4c3)=NC2N1CC1CCCC1. The second-order valence-electron chi connectivity index (χ2n) is 9.72. The van der Waals surface area contributed by atoms with Crippen molar-refractivity contribution in [1.29, 1.82) is 5.26 Å². The van der Waals surface area contributed by atoms with E-state index in [4.69, 9.17) is 4.99 Å². The van der Waals surface area contributed by atoms with E-state index in [9.17, 15) is 10.1 Å². The second-order valence-corrected chi connectivity index (χ2v) is 9.72. The molecule has 1 unspecified atom stereocenters. The minimum atomic E-state index is -0.344. The highest BCUT2D eigenvalue weighted by molar-refractivity contribution is 6.03. The average molecular weight is 481 g/mol. The van der Waals surface area contributed by atoms with Gasteiger partial charge < -0.3 is 10.6 Å². The van der Waals surface area contributed by atoms with Crippen molar-refractivity contribution in [3.63, 3.8) is 0 Å². The van der Waals surface area contributed by atoms with Crippen LogP contribution in [0.5, 0.6) is 0 Å². The fourth-order valence-electron chi connectivity index (χ4n) is 5.50. The fraction of sp³-hybridized carbons (Fsp3) is 0.333. The predicted octanol–water partition coefficient (Wildman–Crippen LogP) is 3.90. The summed E-state index contributed by atoms with van der Waals surface area (Å²) in [6, 6.07) is 15.0. The van der Waals surface area contributed by atoms with Gasteiger partial charge in [0.25, 0.3) is 0 Å². The molecule has 0 radical (unpaired) electrons. The van der Waals surface area contributed by atoms with Crippen LogP contribution < -0.4 is 15.5 Å². The lowest BCUT2D eigenvalue weighted by atomic mass is 10.0. The van der Waals surface area contributed by atoms with Gasteiger partial charge in [0.05, 0.1) is 40.8 Å². The fourth-order valence-corrected chi connectivity index (χ4v) is 5.50. The Kier molecular flexibility index (Phi) is 5.66. The van der Waals surface area contributed by atoms with Crippen LogP contribution in [-0.2, 0) is 4.79 Å². The number of guanidine groups is 1. The maximum atomic E-state index is 13.7. The molecule has 1 aliphatic carbocycles. The molecule has 1 saturated heterocycles. The number of carbonyl (C=O) groups excluding carboxylic acids is 1. The number of hydrogen-bond donors (Lipinski definition) is 3. The van der Waals surface area contributed by atoms with Crippen LogP contribution in [0.2, 0.25) is 0 Å². The summed E-state index contributed by atoms with van der Waals surface area (Å²) in [6.07, 6.45) is 8.19. The van der Waals surface area contributed by atoms with Gasteiger partial charge in [0, 0.05) is 23.8 Å². The van der Waals surface area contributed by atoms with Crippen LogP contribution in [0.15, 0.2) is 65.6 Å². The van der Waals surface area contributed by atoms with E-state index in [1.807, 2.05) is 43.5 Å². The van der Waals surface area contributed by atoms with Gasteiger partial charge in [-0.3, -0.25) is 19.7 Å². The molecule has 1 saturated carbocycles. The molecule has 3 heterocycles. The van der Waals surface area contributed by atoms with E-state index < -0.39 is 0 Å². The molecule has 0 bridgehead atoms. The van der Waals surface area contributed by atoms with Crippen molar-refractivity contribution >= 4 is 34.1 Å². The molecule has 0 spiro atoms. The minimum Gasteiger partial charge on any atom is -0.331 e. The Balaban J connectivity index is 1.35. The van der Waals surface area contributed by atoms with Gasteiger partial charge in [-0.2, -0.15) is 10.4 Å². The molecular formula is C27H28N8O. The van der Waals surface area contributed by atoms with Crippen molar-refractivity contribution in [3.05, 3.63) is 66.1 Å². The first-order valence-corrected chi connectivity index (χ1v) is 12.4. The number of fused-ring (bicyclic) bond motifs is 2. The van der Waals surface area contributed by atoms with Gasteiger partial charge in [0.2, 0.25) is 11.9 Å². The number of carbonyl (C=O) groups is 1. The summed E-state index contributed by atoms with van der Waals surface area (Å²) >= 11 is 0. The van der Waals surface area contributed by atoms with Gasteiger partial charge in [-0.1, -0.05) is 18.9 Å². The zero-order valence-corrected chi connectivity index (χ0v) is 20.1. The van der Waals surface area contributed by atoms with Gasteiger partial charge in [-0.15, -0.1) is 0 Å². The number of H-pyrrole nitrogens is 1. The number of anilines is 2. The third kappa shape index (κ3) is 3.99. The number of nitriles is 1. The summed E-state index contributed by atoms with van der Waals surface area (Å²) in [5.74, 6) is 1.18. The highest BCUT2D eigenvalue weighted by atomic mass is 16.2. The Morgan fingerprint density at radius 3 is 2.89 bits per heavy atom. The lowest BCUT2D eigenvalue weighted by Gasteiger charge is -2.46. The highest BCUT2D eigenvalue weighted by Gasteiger charge is 2.44. The van der Waals surface area contributed by atoms with Crippen molar-refractivity contribution in [1.82, 2.24) is 20.4 Å². The molecule has 9 nitrogen and oxygen atoms in total. The average Bonchev–Trinajstić information content (AvgIpc) is 3.59. The van der Waals surface area contributed by atoms with E-state index in [2.05, 4.69) is 31.8 Å². The van der Waals surface area contributed by atoms with Crippen molar-refractivity contribution in [3.8, 4) is 6.07 Å². The summed E-state index contributed by atoms with van der Waals surface area (Å²) < 4.78 is 0. The van der Waals surface area contributed by atoms with Gasteiger partial charge in [-0.25, -0.2) is 4.99 Å². The van der Waals surface area contributed by atoms with Crippen LogP contribution in [0.1, 0.15) is 38.2 Å². The Labute approximate surface area is 209 Å². The van der Waals surface area contributed by atoms with Gasteiger partial charge in [0.1, 0.15) is 6.17 Å². The van der Waals surface area contributed by atoms with Gasteiger partial charge >= 0.3 is 0 Å². The van der Waals surface area contributed by atoms with E-state index in [0.29, 0.717) is 23.1 Å². The third-order valence-corrected chi connectivity index (χ3v) is 7.40. The van der Waals surface area contributed by atoms with Crippen LogP contribution in [0.25, 0.3) is 10.9 Å². The van der Waals surface area contributed by atoms with Crippen molar-refractivity contribution in [2.75, 3.05) is 16.8 Å². The lowest BCUT2D eigenvalue weighted by molar-refractivity contribution is -0.125. The molecule has 2 fully saturated rings. The largest absolute Gasteiger partial charge is 0.331 e. The second kappa shape index (κ2) is 9.13. The molecular weight excluding hydrogens is 452 g/mol. The van der Waals surface area contributed by atoms with E-state index in [1.54, 1.807) is 23.2 Å². The van der Waals surface area contributed by atoms with Crippen molar-refractivity contribution in [2.24, 2.45) is 10.9 Å². The number of nitrogens with zero attached hydrogens (tertiary/aromatic N) is 5. The molecule has 6 rings (SSSR count). The quantitative estimate of drug-likeness (QED) is 0.522. The first-order chi connectivity index (χ1) is 17.6. The van der Waals surface area contributed by atoms with Crippen LogP contribution in [0, 0.1) is 17.2 Å². The topological polar surface area (TPSA) is 112 Å². The third-order valence-electron chi connectivity index (χ3n) is 7.40. The molecule has 36 heavy (non-hydrogen) atoms. The van der Waals surface area contributed by atoms with Crippen molar-refractivity contribution < 1.29 is 4.79 Å². The summed E-state index contributed by atoms with van der Waals surface area (Å²) in [7, 11) is 0. The molecule has 1 aromatic heterocycles. The van der Waals surface area contributed by atoms with Gasteiger partial charge in [-0.05, 0) is 62.1 Å². The Hall–Kier alpha value is -4.16. The number of amides is 1. The first kappa shape index (κ1) is 22.3. The number of aromatic nitrogens is 2. The van der Waals surface area contributed by atoms with E-state index >= 15 is 0 Å². The number of aliphatic imine (C=N–C) groups is 1. The molecule has 3 aromatic rings. The van der Waals surface area contributed by atoms with Crippen LogP contribution >= 0.6 is 0 Å². The Bertz CT molecular complexity index is 1410. The van der Waals surface area contributed by atoms with E-state index in [0.717, 1.165) is 28.8 Å². The molecule has 2 aliphatic heterocycles.